The number of benzene rings is 4. The fourth-order valence-corrected chi connectivity index (χ4v) is 6.79. The molecule has 4 aromatic rings. The lowest BCUT2D eigenvalue weighted by Gasteiger charge is -2.34. The molecule has 0 bridgehead atoms. The Kier molecular flexibility index (Phi) is 12.7. The molecule has 9 nitrogen and oxygen atoms in total. The molecule has 254 valence electrons. The van der Waals surface area contributed by atoms with Crippen molar-refractivity contribution >= 4 is 50.7 Å². The number of halogens is 2. The molecule has 12 heteroatoms. The van der Waals surface area contributed by atoms with Crippen LogP contribution in [-0.4, -0.2) is 58.5 Å². The van der Waals surface area contributed by atoms with Crippen molar-refractivity contribution in [3.8, 4) is 11.5 Å². The van der Waals surface area contributed by atoms with E-state index in [1.807, 2.05) is 44.2 Å². The van der Waals surface area contributed by atoms with Gasteiger partial charge in [0.15, 0.2) is 0 Å². The number of carbonyl (C=O) groups is 2. The first-order valence-electron chi connectivity index (χ1n) is 15.3. The fraction of sp³-hybridized carbons (Fsp3) is 0.278. The van der Waals surface area contributed by atoms with Crippen molar-refractivity contribution in [2.24, 2.45) is 5.92 Å². The fourth-order valence-electron chi connectivity index (χ4n) is 5.04. The lowest BCUT2D eigenvalue weighted by molar-refractivity contribution is -0.140. The summed E-state index contributed by atoms with van der Waals surface area (Å²) in [5.41, 5.74) is 1.51. The number of hydrogen-bond donors (Lipinski definition) is 1. The molecule has 1 N–H and O–H groups in total. The highest BCUT2D eigenvalue weighted by molar-refractivity contribution is 7.92. The van der Waals surface area contributed by atoms with Crippen molar-refractivity contribution in [3.63, 3.8) is 0 Å². The Hall–Kier alpha value is -4.25. The third-order valence-corrected chi connectivity index (χ3v) is 10.1. The first-order chi connectivity index (χ1) is 22.9. The van der Waals surface area contributed by atoms with Crippen LogP contribution in [0.25, 0.3) is 0 Å². The SMILES string of the molecule is COc1ccc(OC)c(N(CC(=O)N(Cc2ccc(Cl)c(Cl)c2)C(Cc2ccccc2)C(=O)NCC(C)C)S(=O)(=O)c2ccccc2)c1. The zero-order valence-corrected chi connectivity index (χ0v) is 29.6. The van der Waals surface area contributed by atoms with Crippen LogP contribution in [0.1, 0.15) is 25.0 Å². The van der Waals surface area contributed by atoms with Crippen LogP contribution in [0, 0.1) is 5.92 Å². The van der Waals surface area contributed by atoms with Gasteiger partial charge in [-0.3, -0.25) is 13.9 Å². The first-order valence-corrected chi connectivity index (χ1v) is 17.5. The van der Waals surface area contributed by atoms with E-state index < -0.39 is 28.5 Å². The van der Waals surface area contributed by atoms with Crippen molar-refractivity contribution in [1.29, 1.82) is 0 Å². The molecule has 1 atom stereocenters. The lowest BCUT2D eigenvalue weighted by atomic mass is 10.0. The topological polar surface area (TPSA) is 105 Å². The third kappa shape index (κ3) is 9.21. The molecule has 0 heterocycles. The van der Waals surface area contributed by atoms with Crippen LogP contribution in [0.5, 0.6) is 11.5 Å². The largest absolute Gasteiger partial charge is 0.497 e. The normalized spacial score (nSPS) is 11.9. The maximum atomic E-state index is 14.7. The van der Waals surface area contributed by atoms with Crippen LogP contribution in [0.15, 0.2) is 102 Å². The van der Waals surface area contributed by atoms with E-state index in [2.05, 4.69) is 5.32 Å². The summed E-state index contributed by atoms with van der Waals surface area (Å²) in [6.45, 7) is 3.61. The van der Waals surface area contributed by atoms with Gasteiger partial charge >= 0.3 is 0 Å². The number of hydrogen-bond acceptors (Lipinski definition) is 6. The predicted molar refractivity (Wildman–Crippen MR) is 189 cm³/mol. The van der Waals surface area contributed by atoms with E-state index in [-0.39, 0.29) is 46.1 Å². The smallest absolute Gasteiger partial charge is 0.264 e. The van der Waals surface area contributed by atoms with E-state index in [1.165, 1.54) is 37.3 Å². The molecule has 0 aliphatic carbocycles. The Labute approximate surface area is 292 Å². The van der Waals surface area contributed by atoms with Crippen LogP contribution in [0.2, 0.25) is 10.0 Å². The van der Waals surface area contributed by atoms with Crippen LogP contribution in [0.3, 0.4) is 0 Å². The average Bonchev–Trinajstić information content (AvgIpc) is 3.09. The zero-order valence-electron chi connectivity index (χ0n) is 27.2. The second-order valence-corrected chi connectivity index (χ2v) is 14.2. The van der Waals surface area contributed by atoms with Gasteiger partial charge in [-0.05, 0) is 53.4 Å². The Morgan fingerprint density at radius 1 is 0.812 bits per heavy atom. The highest BCUT2D eigenvalue weighted by Gasteiger charge is 2.36. The predicted octanol–water partition coefficient (Wildman–Crippen LogP) is 6.62. The molecule has 0 aliphatic rings. The number of nitrogens with zero attached hydrogens (tertiary/aromatic N) is 2. The van der Waals surface area contributed by atoms with Gasteiger partial charge < -0.3 is 19.7 Å². The number of sulfonamides is 1. The van der Waals surface area contributed by atoms with Crippen LogP contribution < -0.4 is 19.1 Å². The van der Waals surface area contributed by atoms with Crippen molar-refractivity contribution in [2.75, 3.05) is 31.6 Å². The molecule has 0 fully saturated rings. The number of methoxy groups -OCH3 is 2. The van der Waals surface area contributed by atoms with Gasteiger partial charge in [0, 0.05) is 25.6 Å². The van der Waals surface area contributed by atoms with E-state index in [9.17, 15) is 18.0 Å². The van der Waals surface area contributed by atoms with Gasteiger partial charge in [0.2, 0.25) is 11.8 Å². The second-order valence-electron chi connectivity index (χ2n) is 11.5. The van der Waals surface area contributed by atoms with E-state index in [0.29, 0.717) is 22.9 Å². The highest BCUT2D eigenvalue weighted by atomic mass is 35.5. The van der Waals surface area contributed by atoms with Gasteiger partial charge in [0.25, 0.3) is 10.0 Å². The average molecular weight is 713 g/mol. The summed E-state index contributed by atoms with van der Waals surface area (Å²) in [5.74, 6) is -0.301. The summed E-state index contributed by atoms with van der Waals surface area (Å²) < 4.78 is 40.6. The van der Waals surface area contributed by atoms with Gasteiger partial charge in [-0.15, -0.1) is 0 Å². The van der Waals surface area contributed by atoms with E-state index in [0.717, 1.165) is 9.87 Å². The molecule has 0 radical (unpaired) electrons. The monoisotopic (exact) mass is 711 g/mol. The highest BCUT2D eigenvalue weighted by Crippen LogP contribution is 2.36. The van der Waals surface area contributed by atoms with Gasteiger partial charge in [-0.1, -0.05) is 91.6 Å². The van der Waals surface area contributed by atoms with Crippen LogP contribution in [-0.2, 0) is 32.6 Å². The minimum atomic E-state index is -4.34. The molecule has 4 rings (SSSR count). The van der Waals surface area contributed by atoms with Gasteiger partial charge in [-0.2, -0.15) is 0 Å². The Morgan fingerprint density at radius 2 is 1.48 bits per heavy atom. The summed E-state index contributed by atoms with van der Waals surface area (Å²) >= 11 is 12.6. The van der Waals surface area contributed by atoms with Crippen molar-refractivity contribution in [3.05, 3.63) is 118 Å². The van der Waals surface area contributed by atoms with E-state index in [4.69, 9.17) is 32.7 Å². The molecule has 0 aromatic heterocycles. The van der Waals surface area contributed by atoms with Gasteiger partial charge in [-0.25, -0.2) is 8.42 Å². The molecule has 0 saturated carbocycles. The lowest BCUT2D eigenvalue weighted by Crippen LogP contribution is -2.53. The second kappa shape index (κ2) is 16.7. The van der Waals surface area contributed by atoms with E-state index >= 15 is 0 Å². The number of carbonyl (C=O) groups excluding carboxylic acids is 2. The van der Waals surface area contributed by atoms with Crippen molar-refractivity contribution in [1.82, 2.24) is 10.2 Å². The quantitative estimate of drug-likeness (QED) is 0.149. The van der Waals surface area contributed by atoms with Gasteiger partial charge in [0.05, 0.1) is 34.8 Å². The Bertz CT molecular complexity index is 1810. The maximum absolute atomic E-state index is 14.7. The summed E-state index contributed by atoms with van der Waals surface area (Å²) in [4.78, 5) is 30.0. The molecule has 0 aliphatic heterocycles. The molecule has 1 unspecified atom stereocenters. The van der Waals surface area contributed by atoms with Crippen molar-refractivity contribution in [2.45, 2.75) is 37.8 Å². The Morgan fingerprint density at radius 3 is 2.08 bits per heavy atom. The summed E-state index contributed by atoms with van der Waals surface area (Å²) in [6.07, 6.45) is 0.172. The minimum Gasteiger partial charge on any atom is -0.497 e. The zero-order chi connectivity index (χ0) is 34.8. The molecule has 48 heavy (non-hydrogen) atoms. The number of anilines is 1. The number of ether oxygens (including phenoxy) is 2. The van der Waals surface area contributed by atoms with Crippen LogP contribution >= 0.6 is 23.2 Å². The van der Waals surface area contributed by atoms with Gasteiger partial charge in [0.1, 0.15) is 24.1 Å². The summed E-state index contributed by atoms with van der Waals surface area (Å²) in [6, 6.07) is 25.7. The summed E-state index contributed by atoms with van der Waals surface area (Å²) in [5, 5.41) is 3.58. The molecule has 0 spiro atoms. The van der Waals surface area contributed by atoms with Crippen LogP contribution in [0.4, 0.5) is 5.69 Å². The molecule has 0 saturated heterocycles. The minimum absolute atomic E-state index is 0.0331. The molecule has 2 amide bonds. The maximum Gasteiger partial charge on any atom is 0.264 e. The number of amides is 2. The van der Waals surface area contributed by atoms with Crippen molar-refractivity contribution < 1.29 is 27.5 Å². The number of nitrogens with one attached hydrogen (secondary N) is 1. The summed E-state index contributed by atoms with van der Waals surface area (Å²) in [7, 11) is -1.48. The first kappa shape index (κ1) is 36.6. The number of rotatable bonds is 15. The molecular formula is C36H39Cl2N3O6S. The molecule has 4 aromatic carbocycles. The standard InChI is InChI=1S/C36H39Cl2N3O6S/c1-25(2)22-39-36(43)33(20-26-11-7-5-8-12-26)40(23-27-15-17-30(37)31(38)19-27)35(42)24-41(48(44,45)29-13-9-6-10-14-29)32-21-28(46-3)16-18-34(32)47-4/h5-19,21,25,33H,20,22-24H2,1-4H3,(H,39,43). The van der Waals surface area contributed by atoms with E-state index in [1.54, 1.807) is 48.5 Å². The third-order valence-electron chi connectivity index (χ3n) is 7.56. The molecular weight excluding hydrogens is 673 g/mol. The Balaban J connectivity index is 1.87.